The van der Waals surface area contributed by atoms with E-state index < -0.39 is 5.91 Å². The molecule has 6 heteroatoms. The Morgan fingerprint density at radius 3 is 2.65 bits per heavy atom. The molecule has 17 heavy (non-hydrogen) atoms. The molecule has 0 aliphatic carbocycles. The summed E-state index contributed by atoms with van der Waals surface area (Å²) in [5, 5.41) is 7.74. The first kappa shape index (κ1) is 11.8. The highest BCUT2D eigenvalue weighted by atomic mass is 16.1. The number of anilines is 1. The molecule has 2 heterocycles. The average Bonchev–Trinajstić information content (AvgIpc) is 2.26. The van der Waals surface area contributed by atoms with Gasteiger partial charge in [0.05, 0.1) is 5.54 Å². The van der Waals surface area contributed by atoms with Crippen molar-refractivity contribution in [1.82, 2.24) is 10.2 Å². The predicted molar refractivity (Wildman–Crippen MR) is 64.6 cm³/mol. The van der Waals surface area contributed by atoms with Crippen LogP contribution in [0.1, 0.15) is 30.3 Å². The van der Waals surface area contributed by atoms with Crippen molar-refractivity contribution in [2.45, 2.75) is 25.3 Å². The third-order valence-corrected chi connectivity index (χ3v) is 2.99. The van der Waals surface area contributed by atoms with Gasteiger partial charge in [0.15, 0.2) is 11.5 Å². The standard InChI is InChI=1S/C11H17N5O/c1-2-5-11(13)6-16(7-11)9-4-3-8(10(12)17)14-15-9/h3-4H,2,5-7,13H2,1H3,(H2,12,17). The van der Waals surface area contributed by atoms with E-state index in [0.717, 1.165) is 31.7 Å². The first-order valence-corrected chi connectivity index (χ1v) is 5.71. The Hall–Kier alpha value is -1.69. The molecule has 2 rings (SSSR count). The summed E-state index contributed by atoms with van der Waals surface area (Å²) < 4.78 is 0. The minimum absolute atomic E-state index is 0.0984. The van der Waals surface area contributed by atoms with E-state index in [9.17, 15) is 4.79 Å². The van der Waals surface area contributed by atoms with Crippen molar-refractivity contribution in [1.29, 1.82) is 0 Å². The van der Waals surface area contributed by atoms with Crippen LogP contribution in [-0.4, -0.2) is 34.7 Å². The van der Waals surface area contributed by atoms with E-state index in [1.54, 1.807) is 12.1 Å². The number of rotatable bonds is 4. The van der Waals surface area contributed by atoms with Crippen molar-refractivity contribution in [2.75, 3.05) is 18.0 Å². The number of nitrogens with two attached hydrogens (primary N) is 2. The molecule has 0 bridgehead atoms. The van der Waals surface area contributed by atoms with Gasteiger partial charge in [-0.05, 0) is 18.6 Å². The largest absolute Gasteiger partial charge is 0.364 e. The summed E-state index contributed by atoms with van der Waals surface area (Å²) >= 11 is 0. The van der Waals surface area contributed by atoms with Crippen LogP contribution in [0.3, 0.4) is 0 Å². The summed E-state index contributed by atoms with van der Waals surface area (Å²) in [4.78, 5) is 12.9. The molecule has 1 aromatic heterocycles. The van der Waals surface area contributed by atoms with Gasteiger partial charge in [0.1, 0.15) is 0 Å². The molecule has 1 saturated heterocycles. The van der Waals surface area contributed by atoms with Gasteiger partial charge in [-0.2, -0.15) is 0 Å². The van der Waals surface area contributed by atoms with Crippen molar-refractivity contribution in [3.8, 4) is 0 Å². The first-order chi connectivity index (χ1) is 8.04. The summed E-state index contributed by atoms with van der Waals surface area (Å²) in [5.41, 5.74) is 11.3. The highest BCUT2D eigenvalue weighted by Gasteiger charge is 2.39. The number of aromatic nitrogens is 2. The molecule has 0 saturated carbocycles. The van der Waals surface area contributed by atoms with Crippen LogP contribution in [0.25, 0.3) is 0 Å². The smallest absolute Gasteiger partial charge is 0.269 e. The molecule has 0 atom stereocenters. The zero-order valence-corrected chi connectivity index (χ0v) is 9.89. The quantitative estimate of drug-likeness (QED) is 0.759. The molecule has 1 aliphatic rings. The zero-order valence-electron chi connectivity index (χ0n) is 9.89. The number of hydrogen-bond acceptors (Lipinski definition) is 5. The molecule has 1 aliphatic heterocycles. The maximum absolute atomic E-state index is 10.8. The zero-order chi connectivity index (χ0) is 12.5. The Bertz CT molecular complexity index is 410. The van der Waals surface area contributed by atoms with Crippen LogP contribution in [0.4, 0.5) is 5.82 Å². The highest BCUT2D eigenvalue weighted by Crippen LogP contribution is 2.27. The van der Waals surface area contributed by atoms with Gasteiger partial charge in [0, 0.05) is 13.1 Å². The summed E-state index contributed by atoms with van der Waals surface area (Å²) in [5.74, 6) is 0.180. The monoisotopic (exact) mass is 235 g/mol. The topological polar surface area (TPSA) is 98.1 Å². The second kappa shape index (κ2) is 4.29. The lowest BCUT2D eigenvalue weighted by atomic mass is 9.86. The van der Waals surface area contributed by atoms with Gasteiger partial charge >= 0.3 is 0 Å². The van der Waals surface area contributed by atoms with Crippen LogP contribution in [0.2, 0.25) is 0 Å². The lowest BCUT2D eigenvalue weighted by molar-refractivity contribution is 0.0994. The molecular formula is C11H17N5O. The molecule has 0 unspecified atom stereocenters. The van der Waals surface area contributed by atoms with Crippen LogP contribution in [0.5, 0.6) is 0 Å². The number of carbonyl (C=O) groups is 1. The Labute approximate surface area is 100.0 Å². The van der Waals surface area contributed by atoms with E-state index in [0.29, 0.717) is 0 Å². The van der Waals surface area contributed by atoms with Crippen LogP contribution in [0, 0.1) is 0 Å². The minimum Gasteiger partial charge on any atom is -0.364 e. The molecule has 0 aromatic carbocycles. The maximum atomic E-state index is 10.8. The van der Waals surface area contributed by atoms with Gasteiger partial charge < -0.3 is 16.4 Å². The Morgan fingerprint density at radius 2 is 2.18 bits per heavy atom. The van der Waals surface area contributed by atoms with Crippen molar-refractivity contribution in [2.24, 2.45) is 11.5 Å². The van der Waals surface area contributed by atoms with E-state index in [2.05, 4.69) is 17.1 Å². The third-order valence-electron chi connectivity index (χ3n) is 2.99. The number of nitrogens with zero attached hydrogens (tertiary/aromatic N) is 3. The number of hydrogen-bond donors (Lipinski definition) is 2. The second-order valence-electron chi connectivity index (χ2n) is 4.61. The van der Waals surface area contributed by atoms with Crippen LogP contribution in [0.15, 0.2) is 12.1 Å². The molecule has 4 N–H and O–H groups in total. The average molecular weight is 235 g/mol. The fourth-order valence-electron chi connectivity index (χ4n) is 2.16. The lowest BCUT2D eigenvalue weighted by Gasteiger charge is -2.48. The lowest BCUT2D eigenvalue weighted by Crippen LogP contribution is -2.67. The van der Waals surface area contributed by atoms with Gasteiger partial charge in [0.2, 0.25) is 0 Å². The Balaban J connectivity index is 1.99. The van der Waals surface area contributed by atoms with Crippen molar-refractivity contribution in [3.63, 3.8) is 0 Å². The first-order valence-electron chi connectivity index (χ1n) is 5.71. The van der Waals surface area contributed by atoms with Crippen molar-refractivity contribution >= 4 is 11.7 Å². The summed E-state index contributed by atoms with van der Waals surface area (Å²) in [6.45, 7) is 3.69. The van der Waals surface area contributed by atoms with E-state index in [1.807, 2.05) is 4.90 Å². The Kier molecular flexibility index (Phi) is 2.97. The highest BCUT2D eigenvalue weighted by molar-refractivity contribution is 5.90. The summed E-state index contributed by atoms with van der Waals surface area (Å²) in [7, 11) is 0. The van der Waals surface area contributed by atoms with Gasteiger partial charge in [-0.15, -0.1) is 10.2 Å². The van der Waals surface area contributed by atoms with E-state index in [4.69, 9.17) is 11.5 Å². The Morgan fingerprint density at radius 1 is 1.47 bits per heavy atom. The molecule has 0 spiro atoms. The summed E-state index contributed by atoms with van der Waals surface area (Å²) in [6.07, 6.45) is 2.09. The van der Waals surface area contributed by atoms with Crippen molar-refractivity contribution < 1.29 is 4.79 Å². The van der Waals surface area contributed by atoms with Crippen LogP contribution >= 0.6 is 0 Å². The maximum Gasteiger partial charge on any atom is 0.269 e. The van der Waals surface area contributed by atoms with E-state index in [1.165, 1.54) is 0 Å². The SMILES string of the molecule is CCCC1(N)CN(c2ccc(C(N)=O)nn2)C1. The molecular weight excluding hydrogens is 218 g/mol. The van der Waals surface area contributed by atoms with E-state index in [-0.39, 0.29) is 11.2 Å². The molecule has 0 radical (unpaired) electrons. The number of primary amides is 1. The van der Waals surface area contributed by atoms with Gasteiger partial charge in [-0.25, -0.2) is 0 Å². The molecule has 6 nitrogen and oxygen atoms in total. The van der Waals surface area contributed by atoms with Gasteiger partial charge in [-0.1, -0.05) is 13.3 Å². The molecule has 1 amide bonds. The molecule has 1 fully saturated rings. The number of amides is 1. The predicted octanol–water partition coefficient (Wildman–Crippen LogP) is -0.107. The van der Waals surface area contributed by atoms with Crippen LogP contribution < -0.4 is 16.4 Å². The normalized spacial score (nSPS) is 17.6. The van der Waals surface area contributed by atoms with E-state index >= 15 is 0 Å². The van der Waals surface area contributed by atoms with Gasteiger partial charge in [-0.3, -0.25) is 4.79 Å². The minimum atomic E-state index is -0.563. The number of carbonyl (C=O) groups excluding carboxylic acids is 1. The van der Waals surface area contributed by atoms with Crippen LogP contribution in [-0.2, 0) is 0 Å². The fraction of sp³-hybridized carbons (Fsp3) is 0.545. The van der Waals surface area contributed by atoms with Gasteiger partial charge in [0.25, 0.3) is 5.91 Å². The second-order valence-corrected chi connectivity index (χ2v) is 4.61. The molecule has 1 aromatic rings. The molecule has 92 valence electrons. The van der Waals surface area contributed by atoms with Crippen molar-refractivity contribution in [3.05, 3.63) is 17.8 Å². The summed E-state index contributed by atoms with van der Waals surface area (Å²) in [6, 6.07) is 3.33. The third kappa shape index (κ3) is 2.36. The fourth-order valence-corrected chi connectivity index (χ4v) is 2.16.